The molecule has 3 nitrogen and oxygen atoms in total. The summed E-state index contributed by atoms with van der Waals surface area (Å²) in [5.41, 5.74) is 7.57. The maximum absolute atomic E-state index is 8.91. The Morgan fingerprint density at radius 2 is 1.94 bits per heavy atom. The maximum Gasteiger partial charge on any atom is 0.0992 e. The molecule has 2 rings (SSSR count). The highest BCUT2D eigenvalue weighted by molar-refractivity contribution is 9.10. The van der Waals surface area contributed by atoms with Gasteiger partial charge in [-0.25, -0.2) is 0 Å². The summed E-state index contributed by atoms with van der Waals surface area (Å²) in [5.74, 6) is 0. The number of anilines is 1. The average Bonchev–Trinajstić information content (AvgIpc) is 2.31. The van der Waals surface area contributed by atoms with E-state index in [1.165, 1.54) is 0 Å². The van der Waals surface area contributed by atoms with Crippen LogP contribution in [0.2, 0.25) is 0 Å². The number of nitrogens with one attached hydrogen (secondary N) is 1. The van der Waals surface area contributed by atoms with E-state index in [0.717, 1.165) is 35.8 Å². The molecule has 0 spiro atoms. The van der Waals surface area contributed by atoms with E-state index < -0.39 is 0 Å². The fourth-order valence-corrected chi connectivity index (χ4v) is 2.73. The van der Waals surface area contributed by atoms with Gasteiger partial charge in [0.15, 0.2) is 0 Å². The van der Waals surface area contributed by atoms with E-state index in [-0.39, 0.29) is 0 Å². The Morgan fingerprint density at radius 1 is 1.24 bits per heavy atom. The Morgan fingerprint density at radius 3 is 2.59 bits per heavy atom. The van der Waals surface area contributed by atoms with Crippen molar-refractivity contribution in [3.63, 3.8) is 0 Å². The second kappa shape index (κ2) is 5.52. The second-order valence-corrected chi connectivity index (χ2v) is 5.51. The molecule has 1 aliphatic rings. The Bertz CT molecular complexity index is 431. The van der Waals surface area contributed by atoms with E-state index in [0.29, 0.717) is 17.6 Å². The molecule has 0 bridgehead atoms. The van der Waals surface area contributed by atoms with Gasteiger partial charge in [-0.15, -0.1) is 0 Å². The SMILES string of the molecule is N#Cc1cc(Br)cc(NC2CCC(N)CC2)c1. The van der Waals surface area contributed by atoms with Crippen LogP contribution >= 0.6 is 15.9 Å². The van der Waals surface area contributed by atoms with Crippen LogP contribution in [0.3, 0.4) is 0 Å². The number of hydrogen-bond donors (Lipinski definition) is 2. The Labute approximate surface area is 110 Å². The number of benzene rings is 1. The minimum absolute atomic E-state index is 0.366. The van der Waals surface area contributed by atoms with Gasteiger partial charge in [0.05, 0.1) is 11.6 Å². The van der Waals surface area contributed by atoms with Crippen molar-refractivity contribution in [3.8, 4) is 6.07 Å². The van der Waals surface area contributed by atoms with Gasteiger partial charge in [0, 0.05) is 22.2 Å². The van der Waals surface area contributed by atoms with Gasteiger partial charge in [-0.05, 0) is 43.9 Å². The summed E-state index contributed by atoms with van der Waals surface area (Å²) in [7, 11) is 0. The lowest BCUT2D eigenvalue weighted by atomic mass is 9.91. The normalized spacial score (nSPS) is 24.1. The second-order valence-electron chi connectivity index (χ2n) is 4.60. The summed E-state index contributed by atoms with van der Waals surface area (Å²) in [5, 5.41) is 12.4. The largest absolute Gasteiger partial charge is 0.382 e. The zero-order valence-corrected chi connectivity index (χ0v) is 11.2. The van der Waals surface area contributed by atoms with Gasteiger partial charge in [0.2, 0.25) is 0 Å². The molecule has 1 aromatic rings. The first-order valence-corrected chi connectivity index (χ1v) is 6.69. The smallest absolute Gasteiger partial charge is 0.0992 e. The predicted molar refractivity (Wildman–Crippen MR) is 72.7 cm³/mol. The number of nitrogens with two attached hydrogens (primary N) is 1. The summed E-state index contributed by atoms with van der Waals surface area (Å²) in [6, 6.07) is 8.73. The van der Waals surface area contributed by atoms with Crippen molar-refractivity contribution in [2.45, 2.75) is 37.8 Å². The standard InChI is InChI=1S/C13H16BrN3/c14-10-5-9(8-15)6-13(7-10)17-12-3-1-11(16)2-4-12/h5-7,11-12,17H,1-4,16H2. The van der Waals surface area contributed by atoms with Crippen molar-refractivity contribution in [2.75, 3.05) is 5.32 Å². The molecule has 4 heteroatoms. The topological polar surface area (TPSA) is 61.8 Å². The molecule has 0 heterocycles. The van der Waals surface area contributed by atoms with Crippen LogP contribution in [-0.2, 0) is 0 Å². The van der Waals surface area contributed by atoms with Gasteiger partial charge in [-0.3, -0.25) is 0 Å². The van der Waals surface area contributed by atoms with E-state index in [4.69, 9.17) is 11.0 Å². The molecule has 1 saturated carbocycles. The van der Waals surface area contributed by atoms with Gasteiger partial charge in [0.1, 0.15) is 0 Å². The van der Waals surface area contributed by atoms with E-state index in [2.05, 4.69) is 27.3 Å². The summed E-state index contributed by atoms with van der Waals surface area (Å²) < 4.78 is 0.937. The first-order valence-electron chi connectivity index (χ1n) is 5.90. The molecule has 90 valence electrons. The molecule has 0 unspecified atom stereocenters. The Balaban J connectivity index is 2.03. The zero-order valence-electron chi connectivity index (χ0n) is 9.62. The summed E-state index contributed by atoms with van der Waals surface area (Å²) in [6.45, 7) is 0. The summed E-state index contributed by atoms with van der Waals surface area (Å²) >= 11 is 3.42. The summed E-state index contributed by atoms with van der Waals surface area (Å²) in [6.07, 6.45) is 4.37. The molecule has 0 amide bonds. The number of rotatable bonds is 2. The third kappa shape index (κ3) is 3.45. The van der Waals surface area contributed by atoms with Crippen LogP contribution < -0.4 is 11.1 Å². The number of nitrogens with zero attached hydrogens (tertiary/aromatic N) is 1. The highest BCUT2D eigenvalue weighted by atomic mass is 79.9. The molecule has 0 aliphatic heterocycles. The molecule has 17 heavy (non-hydrogen) atoms. The van der Waals surface area contributed by atoms with Gasteiger partial charge >= 0.3 is 0 Å². The lowest BCUT2D eigenvalue weighted by molar-refractivity contribution is 0.411. The molecule has 0 aromatic heterocycles. The van der Waals surface area contributed by atoms with Crippen LogP contribution in [0.1, 0.15) is 31.2 Å². The first-order chi connectivity index (χ1) is 8.17. The molecule has 1 fully saturated rings. The van der Waals surface area contributed by atoms with Crippen molar-refractivity contribution in [1.29, 1.82) is 5.26 Å². The van der Waals surface area contributed by atoms with Crippen molar-refractivity contribution in [1.82, 2.24) is 0 Å². The molecular formula is C13H16BrN3. The van der Waals surface area contributed by atoms with E-state index in [1.54, 1.807) is 0 Å². The maximum atomic E-state index is 8.91. The van der Waals surface area contributed by atoms with Gasteiger partial charge in [0.25, 0.3) is 0 Å². The van der Waals surface area contributed by atoms with Crippen molar-refractivity contribution in [2.24, 2.45) is 5.73 Å². The molecule has 0 atom stereocenters. The lowest BCUT2D eigenvalue weighted by Gasteiger charge is -2.27. The van der Waals surface area contributed by atoms with Crippen LogP contribution in [0.4, 0.5) is 5.69 Å². The number of nitriles is 1. The van der Waals surface area contributed by atoms with Crippen LogP contribution in [0.15, 0.2) is 22.7 Å². The Hall–Kier alpha value is -1.05. The minimum Gasteiger partial charge on any atom is -0.382 e. The van der Waals surface area contributed by atoms with Crippen LogP contribution in [0.5, 0.6) is 0 Å². The third-order valence-electron chi connectivity index (χ3n) is 3.17. The molecule has 0 saturated heterocycles. The van der Waals surface area contributed by atoms with Gasteiger partial charge in [-0.2, -0.15) is 5.26 Å². The molecule has 1 aliphatic carbocycles. The average molecular weight is 294 g/mol. The van der Waals surface area contributed by atoms with Crippen LogP contribution in [-0.4, -0.2) is 12.1 Å². The first kappa shape index (κ1) is 12.4. The third-order valence-corrected chi connectivity index (χ3v) is 3.63. The Kier molecular flexibility index (Phi) is 4.03. The monoisotopic (exact) mass is 293 g/mol. The number of hydrogen-bond acceptors (Lipinski definition) is 3. The van der Waals surface area contributed by atoms with Crippen molar-refractivity contribution >= 4 is 21.6 Å². The van der Waals surface area contributed by atoms with Crippen molar-refractivity contribution < 1.29 is 0 Å². The van der Waals surface area contributed by atoms with Crippen LogP contribution in [0, 0.1) is 11.3 Å². The van der Waals surface area contributed by atoms with Crippen LogP contribution in [0.25, 0.3) is 0 Å². The fraction of sp³-hybridized carbons (Fsp3) is 0.462. The minimum atomic E-state index is 0.366. The van der Waals surface area contributed by atoms with Gasteiger partial charge < -0.3 is 11.1 Å². The molecule has 0 radical (unpaired) electrons. The molecule has 3 N–H and O–H groups in total. The van der Waals surface area contributed by atoms with Gasteiger partial charge in [-0.1, -0.05) is 15.9 Å². The van der Waals surface area contributed by atoms with E-state index in [9.17, 15) is 0 Å². The fourth-order valence-electron chi connectivity index (χ4n) is 2.24. The van der Waals surface area contributed by atoms with E-state index in [1.807, 2.05) is 18.2 Å². The molecule has 1 aromatic carbocycles. The molecular weight excluding hydrogens is 278 g/mol. The predicted octanol–water partition coefficient (Wildman–Crippen LogP) is 3.00. The quantitative estimate of drug-likeness (QED) is 0.881. The zero-order chi connectivity index (χ0) is 12.3. The lowest BCUT2D eigenvalue weighted by Crippen LogP contribution is -2.32. The van der Waals surface area contributed by atoms with Crippen molar-refractivity contribution in [3.05, 3.63) is 28.2 Å². The highest BCUT2D eigenvalue weighted by Gasteiger charge is 2.18. The highest BCUT2D eigenvalue weighted by Crippen LogP contribution is 2.24. The van der Waals surface area contributed by atoms with E-state index >= 15 is 0 Å². The summed E-state index contributed by atoms with van der Waals surface area (Å²) in [4.78, 5) is 0. The number of halogens is 1.